The maximum Gasteiger partial charge on any atom is 0.253 e. The molecule has 30 heavy (non-hydrogen) atoms. The van der Waals surface area contributed by atoms with Crippen molar-refractivity contribution in [2.45, 2.75) is 52.2 Å². The smallest absolute Gasteiger partial charge is 0.253 e. The number of ether oxygens (including phenoxy) is 1. The molecule has 0 spiro atoms. The Labute approximate surface area is 179 Å². The van der Waals surface area contributed by atoms with Crippen molar-refractivity contribution >= 4 is 5.91 Å². The molecule has 1 aromatic carbocycles. The lowest BCUT2D eigenvalue weighted by atomic mass is 10.1. The van der Waals surface area contributed by atoms with E-state index in [-0.39, 0.29) is 12.0 Å². The fraction of sp³-hybridized carbons (Fsp3) is 0.583. The van der Waals surface area contributed by atoms with E-state index in [0.29, 0.717) is 6.54 Å². The number of aryl methyl sites for hydroxylation is 2. The third-order valence-electron chi connectivity index (χ3n) is 6.18. The van der Waals surface area contributed by atoms with E-state index in [1.165, 1.54) is 19.3 Å². The van der Waals surface area contributed by atoms with Crippen molar-refractivity contribution in [2.75, 3.05) is 39.3 Å². The Hall–Kier alpha value is -2.18. The van der Waals surface area contributed by atoms with E-state index in [2.05, 4.69) is 23.0 Å². The summed E-state index contributed by atoms with van der Waals surface area (Å²) in [6.45, 7) is 10.2. The molecule has 6 heteroatoms. The van der Waals surface area contributed by atoms with Crippen LogP contribution < -0.4 is 0 Å². The first-order valence-electron chi connectivity index (χ1n) is 11.3. The van der Waals surface area contributed by atoms with Gasteiger partial charge in [-0.05, 0) is 70.0 Å². The molecule has 0 N–H and O–H groups in total. The molecular formula is C24H34N4O2. The minimum Gasteiger partial charge on any atom is -0.375 e. The van der Waals surface area contributed by atoms with E-state index in [1.807, 2.05) is 40.8 Å². The Bertz CT molecular complexity index is 839. The van der Waals surface area contributed by atoms with Crippen LogP contribution in [0.1, 0.15) is 53.0 Å². The number of nitrogens with zero attached hydrogens (tertiary/aromatic N) is 4. The summed E-state index contributed by atoms with van der Waals surface area (Å²) in [5.41, 5.74) is 4.09. The summed E-state index contributed by atoms with van der Waals surface area (Å²) in [7, 11) is 0. The second-order valence-electron chi connectivity index (χ2n) is 8.74. The van der Waals surface area contributed by atoms with Crippen LogP contribution in [0.5, 0.6) is 0 Å². The predicted octanol–water partition coefficient (Wildman–Crippen LogP) is 3.27. The summed E-state index contributed by atoms with van der Waals surface area (Å²) in [5.74, 6) is 0.113. The summed E-state index contributed by atoms with van der Waals surface area (Å²) >= 11 is 0. The van der Waals surface area contributed by atoms with E-state index in [1.54, 1.807) is 0 Å². The number of hydrogen-bond acceptors (Lipinski definition) is 4. The average molecular weight is 411 g/mol. The van der Waals surface area contributed by atoms with Crippen LogP contribution in [0.2, 0.25) is 0 Å². The van der Waals surface area contributed by atoms with Crippen LogP contribution in [0.4, 0.5) is 0 Å². The van der Waals surface area contributed by atoms with Gasteiger partial charge in [0.25, 0.3) is 5.91 Å². The van der Waals surface area contributed by atoms with Crippen molar-refractivity contribution < 1.29 is 9.53 Å². The van der Waals surface area contributed by atoms with Crippen molar-refractivity contribution in [1.29, 1.82) is 0 Å². The van der Waals surface area contributed by atoms with Crippen LogP contribution in [-0.2, 0) is 11.3 Å². The quantitative estimate of drug-likeness (QED) is 0.759. The molecule has 2 aromatic rings. The zero-order valence-corrected chi connectivity index (χ0v) is 18.3. The number of hydrogen-bond donors (Lipinski definition) is 0. The molecule has 2 aliphatic heterocycles. The lowest BCUT2D eigenvalue weighted by Crippen LogP contribution is -2.43. The van der Waals surface area contributed by atoms with Crippen LogP contribution >= 0.6 is 0 Å². The molecule has 6 nitrogen and oxygen atoms in total. The molecule has 162 valence electrons. The highest BCUT2D eigenvalue weighted by molar-refractivity contribution is 5.94. The van der Waals surface area contributed by atoms with Gasteiger partial charge in [0.1, 0.15) is 0 Å². The van der Waals surface area contributed by atoms with Crippen molar-refractivity contribution in [3.63, 3.8) is 0 Å². The molecule has 0 radical (unpaired) electrons. The number of benzene rings is 1. The number of amides is 1. The number of carbonyl (C=O) groups excluding carboxylic acids is 1. The molecule has 0 aliphatic carbocycles. The Morgan fingerprint density at radius 2 is 1.83 bits per heavy atom. The maximum atomic E-state index is 13.2. The zero-order valence-electron chi connectivity index (χ0n) is 18.3. The monoisotopic (exact) mass is 410 g/mol. The Morgan fingerprint density at radius 3 is 2.53 bits per heavy atom. The van der Waals surface area contributed by atoms with E-state index in [4.69, 9.17) is 4.74 Å². The molecule has 0 bridgehead atoms. The van der Waals surface area contributed by atoms with Gasteiger partial charge in [-0.25, -0.2) is 0 Å². The first kappa shape index (κ1) is 21.1. The summed E-state index contributed by atoms with van der Waals surface area (Å²) in [5, 5.41) is 4.53. The van der Waals surface area contributed by atoms with E-state index < -0.39 is 0 Å². The van der Waals surface area contributed by atoms with Gasteiger partial charge in [0.05, 0.1) is 18.3 Å². The first-order valence-corrected chi connectivity index (χ1v) is 11.3. The standard InChI is InChI=1S/C24H34N4O2/c1-19-15-20(2)28(25-19)16-21-7-9-22(10-8-21)24(29)27-13-6-14-30-23(18-27)17-26-11-4-3-5-12-26/h7-10,15,23H,3-6,11-14,16-18H2,1-2H3. The Kier molecular flexibility index (Phi) is 6.85. The molecule has 2 saturated heterocycles. The van der Waals surface area contributed by atoms with E-state index >= 15 is 0 Å². The van der Waals surface area contributed by atoms with Crippen LogP contribution in [0, 0.1) is 13.8 Å². The molecule has 1 amide bonds. The third-order valence-corrected chi connectivity index (χ3v) is 6.18. The van der Waals surface area contributed by atoms with Crippen LogP contribution in [-0.4, -0.2) is 70.9 Å². The van der Waals surface area contributed by atoms with Crippen LogP contribution in [0.25, 0.3) is 0 Å². The van der Waals surface area contributed by atoms with Crippen molar-refractivity contribution in [3.8, 4) is 0 Å². The maximum absolute atomic E-state index is 13.2. The second kappa shape index (κ2) is 9.75. The summed E-state index contributed by atoms with van der Waals surface area (Å²) in [6, 6.07) is 10.1. The second-order valence-corrected chi connectivity index (χ2v) is 8.74. The fourth-order valence-electron chi connectivity index (χ4n) is 4.56. The SMILES string of the molecule is Cc1cc(C)n(Cc2ccc(C(=O)N3CCCOC(CN4CCCCC4)C3)cc2)n1. The molecule has 1 unspecified atom stereocenters. The highest BCUT2D eigenvalue weighted by atomic mass is 16.5. The van der Waals surface area contributed by atoms with Crippen molar-refractivity contribution in [2.24, 2.45) is 0 Å². The molecule has 1 atom stereocenters. The average Bonchev–Trinajstić information content (AvgIpc) is 2.93. The number of likely N-dealkylation sites (tertiary alicyclic amines) is 1. The third kappa shape index (κ3) is 5.29. The van der Waals surface area contributed by atoms with Gasteiger partial charge >= 0.3 is 0 Å². The van der Waals surface area contributed by atoms with Crippen LogP contribution in [0.15, 0.2) is 30.3 Å². The molecule has 2 aliphatic rings. The molecule has 1 aromatic heterocycles. The van der Waals surface area contributed by atoms with Gasteiger partial charge in [-0.2, -0.15) is 5.10 Å². The van der Waals surface area contributed by atoms with Gasteiger partial charge in [0.15, 0.2) is 0 Å². The number of carbonyl (C=O) groups is 1. The first-order chi connectivity index (χ1) is 14.6. The number of piperidine rings is 1. The fourth-order valence-corrected chi connectivity index (χ4v) is 4.56. The van der Waals surface area contributed by atoms with Gasteiger partial charge in [0.2, 0.25) is 0 Å². The highest BCUT2D eigenvalue weighted by Gasteiger charge is 2.25. The van der Waals surface area contributed by atoms with E-state index in [0.717, 1.165) is 68.3 Å². The molecule has 2 fully saturated rings. The topological polar surface area (TPSA) is 50.6 Å². The normalized spacial score (nSPS) is 20.9. The summed E-state index contributed by atoms with van der Waals surface area (Å²) in [6.07, 6.45) is 4.90. The van der Waals surface area contributed by atoms with Gasteiger partial charge in [0, 0.05) is 37.5 Å². The number of aromatic nitrogens is 2. The lowest BCUT2D eigenvalue weighted by Gasteiger charge is -2.31. The van der Waals surface area contributed by atoms with Crippen molar-refractivity contribution in [3.05, 3.63) is 52.8 Å². The van der Waals surface area contributed by atoms with Gasteiger partial charge in [-0.1, -0.05) is 18.6 Å². The minimum atomic E-state index is 0.111. The number of rotatable bonds is 5. The minimum absolute atomic E-state index is 0.111. The van der Waals surface area contributed by atoms with Gasteiger partial charge in [-0.3, -0.25) is 9.48 Å². The van der Waals surface area contributed by atoms with Crippen molar-refractivity contribution in [1.82, 2.24) is 19.6 Å². The largest absolute Gasteiger partial charge is 0.375 e. The molecule has 4 rings (SSSR count). The lowest BCUT2D eigenvalue weighted by molar-refractivity contribution is 0.0216. The predicted molar refractivity (Wildman–Crippen MR) is 118 cm³/mol. The Balaban J connectivity index is 1.37. The van der Waals surface area contributed by atoms with Gasteiger partial charge < -0.3 is 14.5 Å². The van der Waals surface area contributed by atoms with Crippen LogP contribution in [0.3, 0.4) is 0 Å². The summed E-state index contributed by atoms with van der Waals surface area (Å²) in [4.78, 5) is 17.6. The van der Waals surface area contributed by atoms with E-state index in [9.17, 15) is 4.79 Å². The summed E-state index contributed by atoms with van der Waals surface area (Å²) < 4.78 is 8.08. The molecule has 3 heterocycles. The zero-order chi connectivity index (χ0) is 20.9. The molecular weight excluding hydrogens is 376 g/mol. The highest BCUT2D eigenvalue weighted by Crippen LogP contribution is 2.16. The van der Waals surface area contributed by atoms with Gasteiger partial charge in [-0.15, -0.1) is 0 Å². The molecule has 0 saturated carbocycles. The Morgan fingerprint density at radius 1 is 1.07 bits per heavy atom.